The van der Waals surface area contributed by atoms with Gasteiger partial charge in [0.25, 0.3) is 0 Å². The molecule has 1 atom stereocenters. The fourth-order valence-electron chi connectivity index (χ4n) is 2.54. The molecule has 0 fully saturated rings. The maximum atomic E-state index is 12.1. The van der Waals surface area contributed by atoms with Crippen molar-refractivity contribution in [2.45, 2.75) is 40.0 Å². The van der Waals surface area contributed by atoms with Crippen molar-refractivity contribution in [3.63, 3.8) is 0 Å². The minimum Gasteiger partial charge on any atom is -0.325 e. The van der Waals surface area contributed by atoms with Crippen molar-refractivity contribution in [3.8, 4) is 0 Å². The number of anilines is 1. The zero-order chi connectivity index (χ0) is 14.5. The van der Waals surface area contributed by atoms with Crippen LogP contribution in [0.5, 0.6) is 0 Å². The van der Waals surface area contributed by atoms with E-state index in [1.54, 1.807) is 6.20 Å². The van der Waals surface area contributed by atoms with E-state index in [9.17, 15) is 4.79 Å². The van der Waals surface area contributed by atoms with E-state index >= 15 is 0 Å². The summed E-state index contributed by atoms with van der Waals surface area (Å²) in [5.74, 6) is 0.509. The number of hydrogen-bond acceptors (Lipinski definition) is 2. The Balaban J connectivity index is 2.18. The number of nitrogens with zero attached hydrogens (tertiary/aromatic N) is 1. The predicted molar refractivity (Wildman–Crippen MR) is 83.8 cm³/mol. The monoisotopic (exact) mass is 270 g/mol. The molecule has 1 heterocycles. The molecule has 1 N–H and O–H groups in total. The number of aromatic nitrogens is 1. The molecule has 1 amide bonds. The molecule has 0 aliphatic heterocycles. The van der Waals surface area contributed by atoms with Crippen molar-refractivity contribution in [3.05, 3.63) is 36.0 Å². The Kier molecular flexibility index (Phi) is 4.72. The highest BCUT2D eigenvalue weighted by molar-refractivity contribution is 6.01. The zero-order valence-corrected chi connectivity index (χ0v) is 12.4. The summed E-state index contributed by atoms with van der Waals surface area (Å²) in [6.07, 6.45) is 4.56. The molecule has 0 saturated carbocycles. The average Bonchev–Trinajstić information content (AvgIpc) is 2.42. The van der Waals surface area contributed by atoms with Gasteiger partial charge in [-0.2, -0.15) is 0 Å². The predicted octanol–water partition coefficient (Wildman–Crippen LogP) is 4.31. The van der Waals surface area contributed by atoms with E-state index < -0.39 is 0 Å². The SMILES string of the molecule is CCCC(C)CC(=O)Nc1ccc(C)c2ncccc12. The van der Waals surface area contributed by atoms with Crippen molar-refractivity contribution in [1.29, 1.82) is 0 Å². The first-order chi connectivity index (χ1) is 9.61. The number of nitrogens with one attached hydrogen (secondary N) is 1. The topological polar surface area (TPSA) is 42.0 Å². The van der Waals surface area contributed by atoms with E-state index in [0.29, 0.717) is 12.3 Å². The van der Waals surface area contributed by atoms with Gasteiger partial charge in [-0.1, -0.05) is 32.8 Å². The minimum absolute atomic E-state index is 0.0833. The van der Waals surface area contributed by atoms with E-state index in [0.717, 1.165) is 35.0 Å². The van der Waals surface area contributed by atoms with E-state index in [-0.39, 0.29) is 5.91 Å². The van der Waals surface area contributed by atoms with Gasteiger partial charge in [-0.25, -0.2) is 0 Å². The van der Waals surface area contributed by atoms with Gasteiger partial charge in [-0.15, -0.1) is 0 Å². The first-order valence-electron chi connectivity index (χ1n) is 7.26. The number of pyridine rings is 1. The minimum atomic E-state index is 0.0833. The number of amides is 1. The second-order valence-electron chi connectivity index (χ2n) is 5.48. The first-order valence-corrected chi connectivity index (χ1v) is 7.26. The normalized spacial score (nSPS) is 12.3. The summed E-state index contributed by atoms with van der Waals surface area (Å²) in [6, 6.07) is 7.86. The Morgan fingerprint density at radius 2 is 2.15 bits per heavy atom. The molecule has 20 heavy (non-hydrogen) atoms. The lowest BCUT2D eigenvalue weighted by molar-refractivity contribution is -0.117. The van der Waals surface area contributed by atoms with Gasteiger partial charge in [0, 0.05) is 18.0 Å². The fraction of sp³-hybridized carbons (Fsp3) is 0.412. The van der Waals surface area contributed by atoms with Crippen LogP contribution < -0.4 is 5.32 Å². The fourth-order valence-corrected chi connectivity index (χ4v) is 2.54. The van der Waals surface area contributed by atoms with E-state index in [1.165, 1.54) is 0 Å². The molecule has 2 aromatic rings. The van der Waals surface area contributed by atoms with Crippen LogP contribution in [0.2, 0.25) is 0 Å². The molecule has 0 radical (unpaired) electrons. The second kappa shape index (κ2) is 6.51. The lowest BCUT2D eigenvalue weighted by Crippen LogP contribution is -2.15. The van der Waals surface area contributed by atoms with E-state index in [4.69, 9.17) is 0 Å². The van der Waals surface area contributed by atoms with Crippen molar-refractivity contribution in [1.82, 2.24) is 4.98 Å². The van der Waals surface area contributed by atoms with Gasteiger partial charge in [0.1, 0.15) is 0 Å². The summed E-state index contributed by atoms with van der Waals surface area (Å²) < 4.78 is 0. The molecule has 1 aromatic heterocycles. The van der Waals surface area contributed by atoms with E-state index in [1.807, 2.05) is 31.2 Å². The van der Waals surface area contributed by atoms with E-state index in [2.05, 4.69) is 24.1 Å². The molecule has 106 valence electrons. The molecule has 1 unspecified atom stereocenters. The van der Waals surface area contributed by atoms with Gasteiger partial charge >= 0.3 is 0 Å². The molecular formula is C17H22N2O. The Bertz CT molecular complexity index is 607. The number of fused-ring (bicyclic) bond motifs is 1. The van der Waals surface area contributed by atoms with Gasteiger partial charge in [0.15, 0.2) is 0 Å². The maximum Gasteiger partial charge on any atom is 0.224 e. The number of hydrogen-bond donors (Lipinski definition) is 1. The number of aryl methyl sites for hydroxylation is 1. The molecule has 0 spiro atoms. The van der Waals surface area contributed by atoms with Gasteiger partial charge < -0.3 is 5.32 Å². The number of benzene rings is 1. The quantitative estimate of drug-likeness (QED) is 0.879. The zero-order valence-electron chi connectivity index (χ0n) is 12.4. The molecular weight excluding hydrogens is 248 g/mol. The van der Waals surface area contributed by atoms with Crippen LogP contribution in [0.4, 0.5) is 5.69 Å². The summed E-state index contributed by atoms with van der Waals surface area (Å²) in [6.45, 7) is 6.30. The maximum absolute atomic E-state index is 12.1. The van der Waals surface area contributed by atoms with Crippen molar-refractivity contribution in [2.75, 3.05) is 5.32 Å². The summed E-state index contributed by atoms with van der Waals surface area (Å²) in [5, 5.41) is 4.03. The van der Waals surface area contributed by atoms with Crippen molar-refractivity contribution >= 4 is 22.5 Å². The largest absolute Gasteiger partial charge is 0.325 e. The average molecular weight is 270 g/mol. The molecule has 3 nitrogen and oxygen atoms in total. The molecule has 2 rings (SSSR count). The second-order valence-corrected chi connectivity index (χ2v) is 5.48. The number of carbonyl (C=O) groups is 1. The highest BCUT2D eigenvalue weighted by atomic mass is 16.1. The highest BCUT2D eigenvalue weighted by Crippen LogP contribution is 2.25. The third-order valence-corrected chi connectivity index (χ3v) is 3.56. The Labute approximate surface area is 120 Å². The summed E-state index contributed by atoms with van der Waals surface area (Å²) >= 11 is 0. The summed E-state index contributed by atoms with van der Waals surface area (Å²) in [7, 11) is 0. The molecule has 0 bridgehead atoms. The Morgan fingerprint density at radius 1 is 1.35 bits per heavy atom. The Hall–Kier alpha value is -1.90. The lowest BCUT2D eigenvalue weighted by Gasteiger charge is -2.12. The van der Waals surface area contributed by atoms with Crippen LogP contribution >= 0.6 is 0 Å². The van der Waals surface area contributed by atoms with Crippen molar-refractivity contribution < 1.29 is 4.79 Å². The smallest absolute Gasteiger partial charge is 0.224 e. The third kappa shape index (κ3) is 3.35. The first kappa shape index (κ1) is 14.5. The standard InChI is InChI=1S/C17H22N2O/c1-4-6-12(2)11-16(20)19-15-9-8-13(3)17-14(15)7-5-10-18-17/h5,7-10,12H,4,6,11H2,1-3H3,(H,19,20). The Morgan fingerprint density at radius 3 is 2.90 bits per heavy atom. The molecule has 0 saturated heterocycles. The van der Waals surface area contributed by atoms with Crippen LogP contribution in [0.15, 0.2) is 30.5 Å². The summed E-state index contributed by atoms with van der Waals surface area (Å²) in [5.41, 5.74) is 2.93. The number of rotatable bonds is 5. The molecule has 0 aliphatic carbocycles. The highest BCUT2D eigenvalue weighted by Gasteiger charge is 2.11. The van der Waals surface area contributed by atoms with Crippen LogP contribution in [0.1, 0.15) is 38.7 Å². The van der Waals surface area contributed by atoms with Crippen LogP contribution in [-0.4, -0.2) is 10.9 Å². The van der Waals surface area contributed by atoms with Crippen LogP contribution in [0.3, 0.4) is 0 Å². The molecule has 0 aliphatic rings. The van der Waals surface area contributed by atoms with Crippen LogP contribution in [-0.2, 0) is 4.79 Å². The van der Waals surface area contributed by atoms with Gasteiger partial charge in [-0.05, 0) is 36.6 Å². The lowest BCUT2D eigenvalue weighted by atomic mass is 10.0. The van der Waals surface area contributed by atoms with Crippen LogP contribution in [0, 0.1) is 12.8 Å². The summed E-state index contributed by atoms with van der Waals surface area (Å²) in [4.78, 5) is 16.5. The van der Waals surface area contributed by atoms with Gasteiger partial charge in [-0.3, -0.25) is 9.78 Å². The molecule has 3 heteroatoms. The van der Waals surface area contributed by atoms with Gasteiger partial charge in [0.2, 0.25) is 5.91 Å². The van der Waals surface area contributed by atoms with Crippen LogP contribution in [0.25, 0.3) is 10.9 Å². The van der Waals surface area contributed by atoms with Gasteiger partial charge in [0.05, 0.1) is 11.2 Å². The van der Waals surface area contributed by atoms with Crippen molar-refractivity contribution in [2.24, 2.45) is 5.92 Å². The third-order valence-electron chi connectivity index (χ3n) is 3.56. The molecule has 1 aromatic carbocycles. The number of carbonyl (C=O) groups excluding carboxylic acids is 1.